The number of rotatable bonds is 5. The minimum absolute atomic E-state index is 0.177. The minimum Gasteiger partial charge on any atom is -0.490 e. The zero-order valence-electron chi connectivity index (χ0n) is 14.3. The summed E-state index contributed by atoms with van der Waals surface area (Å²) in [6.45, 7) is 5.70. The van der Waals surface area contributed by atoms with E-state index in [-0.39, 0.29) is 12.0 Å². The number of piperidine rings is 1. The summed E-state index contributed by atoms with van der Waals surface area (Å²) in [6.07, 6.45) is 4.48. The van der Waals surface area contributed by atoms with E-state index in [0.717, 1.165) is 37.5 Å². The molecule has 1 saturated heterocycles. The summed E-state index contributed by atoms with van der Waals surface area (Å²) in [4.78, 5) is 18.2. The Hall–Kier alpha value is -2.37. The Kier molecular flexibility index (Phi) is 5.13. The maximum absolute atomic E-state index is 12.3. The van der Waals surface area contributed by atoms with E-state index >= 15 is 0 Å². The van der Waals surface area contributed by atoms with Gasteiger partial charge in [-0.05, 0) is 37.1 Å². The number of amides is 1. The molecule has 1 aromatic carbocycles. The van der Waals surface area contributed by atoms with E-state index in [9.17, 15) is 4.79 Å². The molecule has 0 spiro atoms. The van der Waals surface area contributed by atoms with Gasteiger partial charge in [0.15, 0.2) is 0 Å². The third kappa shape index (κ3) is 4.13. The van der Waals surface area contributed by atoms with Crippen molar-refractivity contribution < 1.29 is 9.53 Å². The standard InChI is InChI=1S/C18H24N4O2/c1-13-3-4-16(11-14(13)2)24-15-7-9-22(10-8-15)18(23)6-5-17-19-12-20-21-17/h3-4,11-12,15H,5-10H2,1-2H3,(H,19,20,21). The molecule has 1 aliphatic heterocycles. The van der Waals surface area contributed by atoms with Gasteiger partial charge in [0, 0.05) is 38.8 Å². The Balaban J connectivity index is 1.44. The van der Waals surface area contributed by atoms with Crippen LogP contribution in [0.3, 0.4) is 0 Å². The van der Waals surface area contributed by atoms with E-state index in [1.54, 1.807) is 0 Å². The molecule has 1 amide bonds. The predicted molar refractivity (Wildman–Crippen MR) is 90.8 cm³/mol. The average molecular weight is 328 g/mol. The molecule has 0 saturated carbocycles. The molecule has 0 radical (unpaired) electrons. The van der Waals surface area contributed by atoms with E-state index in [1.165, 1.54) is 17.5 Å². The van der Waals surface area contributed by atoms with Crippen molar-refractivity contribution in [3.63, 3.8) is 0 Å². The average Bonchev–Trinajstić information content (AvgIpc) is 3.10. The minimum atomic E-state index is 0.177. The van der Waals surface area contributed by atoms with Crippen LogP contribution in [0.1, 0.15) is 36.2 Å². The predicted octanol–water partition coefficient (Wildman–Crippen LogP) is 2.42. The van der Waals surface area contributed by atoms with Crippen LogP contribution in [0.4, 0.5) is 0 Å². The molecule has 24 heavy (non-hydrogen) atoms. The fourth-order valence-corrected chi connectivity index (χ4v) is 2.94. The second kappa shape index (κ2) is 7.47. The Morgan fingerprint density at radius 3 is 2.75 bits per heavy atom. The van der Waals surface area contributed by atoms with Crippen molar-refractivity contribution in [2.75, 3.05) is 13.1 Å². The lowest BCUT2D eigenvalue weighted by Gasteiger charge is -2.32. The van der Waals surface area contributed by atoms with Gasteiger partial charge in [-0.2, -0.15) is 5.10 Å². The molecule has 0 atom stereocenters. The van der Waals surface area contributed by atoms with E-state index in [0.29, 0.717) is 12.8 Å². The first-order chi connectivity index (χ1) is 11.6. The molecule has 6 heteroatoms. The molecule has 1 N–H and O–H groups in total. The van der Waals surface area contributed by atoms with Crippen molar-refractivity contribution in [3.05, 3.63) is 41.5 Å². The first kappa shape index (κ1) is 16.5. The molecule has 1 aromatic heterocycles. The SMILES string of the molecule is Cc1ccc(OC2CCN(C(=O)CCc3ncn[nH]3)CC2)cc1C. The van der Waals surface area contributed by atoms with Crippen LogP contribution < -0.4 is 4.74 Å². The van der Waals surface area contributed by atoms with E-state index in [1.807, 2.05) is 11.0 Å². The number of hydrogen-bond donors (Lipinski definition) is 1. The number of likely N-dealkylation sites (tertiary alicyclic amines) is 1. The van der Waals surface area contributed by atoms with Crippen LogP contribution in [-0.4, -0.2) is 45.2 Å². The second-order valence-electron chi connectivity index (χ2n) is 6.38. The summed E-state index contributed by atoms with van der Waals surface area (Å²) in [7, 11) is 0. The van der Waals surface area contributed by atoms with Crippen LogP contribution in [-0.2, 0) is 11.2 Å². The fraction of sp³-hybridized carbons (Fsp3) is 0.500. The third-order valence-corrected chi connectivity index (χ3v) is 4.62. The van der Waals surface area contributed by atoms with Crippen molar-refractivity contribution >= 4 is 5.91 Å². The van der Waals surface area contributed by atoms with E-state index < -0.39 is 0 Å². The number of ether oxygens (including phenoxy) is 1. The highest BCUT2D eigenvalue weighted by Gasteiger charge is 2.23. The maximum Gasteiger partial charge on any atom is 0.223 e. The van der Waals surface area contributed by atoms with Gasteiger partial charge in [-0.3, -0.25) is 9.89 Å². The molecular weight excluding hydrogens is 304 g/mol. The number of benzene rings is 1. The van der Waals surface area contributed by atoms with E-state index in [4.69, 9.17) is 4.74 Å². The van der Waals surface area contributed by atoms with Crippen LogP contribution >= 0.6 is 0 Å². The van der Waals surface area contributed by atoms with Crippen molar-refractivity contribution in [2.45, 2.75) is 45.6 Å². The summed E-state index contributed by atoms with van der Waals surface area (Å²) in [5, 5.41) is 6.58. The second-order valence-corrected chi connectivity index (χ2v) is 6.38. The van der Waals surface area contributed by atoms with Crippen molar-refractivity contribution in [1.29, 1.82) is 0 Å². The Labute approximate surface area is 142 Å². The van der Waals surface area contributed by atoms with Crippen molar-refractivity contribution in [2.24, 2.45) is 0 Å². The van der Waals surface area contributed by atoms with Gasteiger partial charge in [0.25, 0.3) is 0 Å². The van der Waals surface area contributed by atoms with Gasteiger partial charge >= 0.3 is 0 Å². The lowest BCUT2D eigenvalue weighted by molar-refractivity contribution is -0.132. The molecule has 1 aliphatic rings. The highest BCUT2D eigenvalue weighted by Crippen LogP contribution is 2.22. The number of aryl methyl sites for hydroxylation is 3. The molecular formula is C18H24N4O2. The number of carbonyl (C=O) groups excluding carboxylic acids is 1. The number of aromatic nitrogens is 3. The zero-order valence-corrected chi connectivity index (χ0v) is 14.3. The van der Waals surface area contributed by atoms with E-state index in [2.05, 4.69) is 41.2 Å². The van der Waals surface area contributed by atoms with Crippen LogP contribution in [0, 0.1) is 13.8 Å². The molecule has 0 unspecified atom stereocenters. The Morgan fingerprint density at radius 1 is 1.29 bits per heavy atom. The lowest BCUT2D eigenvalue weighted by Crippen LogP contribution is -2.41. The van der Waals surface area contributed by atoms with Gasteiger partial charge < -0.3 is 9.64 Å². The molecule has 3 rings (SSSR count). The molecule has 2 heterocycles. The molecule has 128 valence electrons. The monoisotopic (exact) mass is 328 g/mol. The van der Waals surface area contributed by atoms with Crippen molar-refractivity contribution in [3.8, 4) is 5.75 Å². The number of carbonyl (C=O) groups is 1. The van der Waals surface area contributed by atoms with Gasteiger partial charge in [0.2, 0.25) is 5.91 Å². The molecule has 6 nitrogen and oxygen atoms in total. The zero-order chi connectivity index (χ0) is 16.9. The quantitative estimate of drug-likeness (QED) is 0.915. The smallest absolute Gasteiger partial charge is 0.223 e. The number of nitrogens with zero attached hydrogens (tertiary/aromatic N) is 3. The highest BCUT2D eigenvalue weighted by atomic mass is 16.5. The topological polar surface area (TPSA) is 71.1 Å². The Morgan fingerprint density at radius 2 is 2.08 bits per heavy atom. The summed E-state index contributed by atoms with van der Waals surface area (Å²) >= 11 is 0. The maximum atomic E-state index is 12.3. The van der Waals surface area contributed by atoms with Crippen LogP contribution in [0.25, 0.3) is 0 Å². The van der Waals surface area contributed by atoms with Gasteiger partial charge in [0.05, 0.1) is 0 Å². The number of H-pyrrole nitrogens is 1. The number of aromatic amines is 1. The summed E-state index contributed by atoms with van der Waals surface area (Å²) in [6, 6.07) is 6.20. The van der Waals surface area contributed by atoms with Crippen molar-refractivity contribution in [1.82, 2.24) is 20.1 Å². The molecule has 1 fully saturated rings. The summed E-state index contributed by atoms with van der Waals surface area (Å²) in [5.41, 5.74) is 2.52. The normalized spacial score (nSPS) is 15.5. The molecule has 0 bridgehead atoms. The van der Waals surface area contributed by atoms with Crippen LogP contribution in [0.5, 0.6) is 5.75 Å². The third-order valence-electron chi connectivity index (χ3n) is 4.62. The number of hydrogen-bond acceptors (Lipinski definition) is 4. The number of nitrogens with one attached hydrogen (secondary N) is 1. The molecule has 0 aliphatic carbocycles. The lowest BCUT2D eigenvalue weighted by atomic mass is 10.1. The summed E-state index contributed by atoms with van der Waals surface area (Å²) < 4.78 is 6.08. The van der Waals surface area contributed by atoms with Gasteiger partial charge in [-0.15, -0.1) is 0 Å². The first-order valence-corrected chi connectivity index (χ1v) is 8.48. The van der Waals surface area contributed by atoms with Gasteiger partial charge in [-0.25, -0.2) is 4.98 Å². The Bertz CT molecular complexity index is 676. The first-order valence-electron chi connectivity index (χ1n) is 8.48. The van der Waals surface area contributed by atoms with Crippen LogP contribution in [0.15, 0.2) is 24.5 Å². The highest BCUT2D eigenvalue weighted by molar-refractivity contribution is 5.76. The summed E-state index contributed by atoms with van der Waals surface area (Å²) in [5.74, 6) is 1.86. The van der Waals surface area contributed by atoms with Gasteiger partial charge in [0.1, 0.15) is 24.0 Å². The fourth-order valence-electron chi connectivity index (χ4n) is 2.94. The molecule has 2 aromatic rings. The van der Waals surface area contributed by atoms with Crippen LogP contribution in [0.2, 0.25) is 0 Å². The largest absolute Gasteiger partial charge is 0.490 e. The van der Waals surface area contributed by atoms with Gasteiger partial charge in [-0.1, -0.05) is 6.07 Å².